The number of piperazine rings is 1. The second-order valence-corrected chi connectivity index (χ2v) is 7.95. The van der Waals surface area contributed by atoms with Crippen LogP contribution in [-0.4, -0.2) is 93.7 Å². The fraction of sp³-hybridized carbons (Fsp3) is 0.800. The molecule has 30 heavy (non-hydrogen) atoms. The van der Waals surface area contributed by atoms with Gasteiger partial charge in [0.2, 0.25) is 5.91 Å². The van der Waals surface area contributed by atoms with E-state index in [1.165, 1.54) is 12.8 Å². The van der Waals surface area contributed by atoms with Crippen LogP contribution in [-0.2, 0) is 18.4 Å². The topological polar surface area (TPSA) is 81.9 Å². The highest BCUT2D eigenvalue weighted by Crippen LogP contribution is 2.11. The summed E-state index contributed by atoms with van der Waals surface area (Å²) in [5, 5.41) is 11.7. The molecule has 0 bridgehead atoms. The minimum absolute atomic E-state index is 0. The lowest BCUT2D eigenvalue weighted by atomic mass is 10.2. The van der Waals surface area contributed by atoms with Crippen LogP contribution in [0.1, 0.15) is 44.3 Å². The number of carbonyl (C=O) groups excluding carboxylic acids is 1. The van der Waals surface area contributed by atoms with Gasteiger partial charge in [0.05, 0.1) is 6.54 Å². The summed E-state index contributed by atoms with van der Waals surface area (Å²) in [4.78, 5) is 24.0. The van der Waals surface area contributed by atoms with Gasteiger partial charge in [-0.25, -0.2) is 4.99 Å². The Kier molecular flexibility index (Phi) is 10.3. The van der Waals surface area contributed by atoms with Gasteiger partial charge in [-0.05, 0) is 26.7 Å². The SMILES string of the molecule is CCNC(=NCc1nnc(C)n1C)N1CCN(CC(=O)N2CCCCCC2)CC1.I. The fourth-order valence-electron chi connectivity index (χ4n) is 3.89. The van der Waals surface area contributed by atoms with Gasteiger partial charge < -0.3 is 19.7 Å². The van der Waals surface area contributed by atoms with Gasteiger partial charge >= 0.3 is 0 Å². The lowest BCUT2D eigenvalue weighted by molar-refractivity contribution is -0.132. The van der Waals surface area contributed by atoms with E-state index in [1.807, 2.05) is 18.5 Å². The molecular formula is C20H37IN8O. The molecule has 0 saturated carbocycles. The van der Waals surface area contributed by atoms with Crippen molar-refractivity contribution in [2.75, 3.05) is 52.4 Å². The molecule has 1 N–H and O–H groups in total. The number of nitrogens with one attached hydrogen (secondary N) is 1. The molecule has 10 heteroatoms. The van der Waals surface area contributed by atoms with Crippen molar-refractivity contribution >= 4 is 35.8 Å². The number of likely N-dealkylation sites (tertiary alicyclic amines) is 1. The quantitative estimate of drug-likeness (QED) is 0.349. The monoisotopic (exact) mass is 532 g/mol. The van der Waals surface area contributed by atoms with E-state index in [0.717, 1.165) is 76.3 Å². The number of aromatic nitrogens is 3. The molecule has 2 saturated heterocycles. The molecule has 2 aliphatic rings. The maximum Gasteiger partial charge on any atom is 0.236 e. The van der Waals surface area contributed by atoms with Crippen molar-refractivity contribution in [3.05, 3.63) is 11.6 Å². The molecule has 0 atom stereocenters. The normalized spacial score (nSPS) is 18.7. The molecule has 0 spiro atoms. The zero-order valence-corrected chi connectivity index (χ0v) is 21.0. The summed E-state index contributed by atoms with van der Waals surface area (Å²) >= 11 is 0. The van der Waals surface area contributed by atoms with E-state index in [2.05, 4.69) is 37.1 Å². The van der Waals surface area contributed by atoms with Crippen molar-refractivity contribution in [2.24, 2.45) is 12.0 Å². The van der Waals surface area contributed by atoms with E-state index >= 15 is 0 Å². The van der Waals surface area contributed by atoms with Gasteiger partial charge in [0.25, 0.3) is 0 Å². The fourth-order valence-corrected chi connectivity index (χ4v) is 3.89. The Morgan fingerprint density at radius 1 is 1.00 bits per heavy atom. The predicted octanol–water partition coefficient (Wildman–Crippen LogP) is 1.23. The number of rotatable bonds is 5. The summed E-state index contributed by atoms with van der Waals surface area (Å²) in [6, 6.07) is 0. The molecule has 0 unspecified atom stereocenters. The summed E-state index contributed by atoms with van der Waals surface area (Å²) in [6.07, 6.45) is 4.80. The molecule has 0 radical (unpaired) electrons. The lowest BCUT2D eigenvalue weighted by Gasteiger charge is -2.37. The standard InChI is InChI=1S/C20H36N8O.HI/c1-4-21-20(22-15-18-24-23-17(2)25(18)3)28-13-11-26(12-14-28)16-19(29)27-9-7-5-6-8-10-27;/h4-16H2,1-3H3,(H,21,22);1H. The molecule has 0 aliphatic carbocycles. The Labute approximate surface area is 197 Å². The highest BCUT2D eigenvalue weighted by Gasteiger charge is 2.23. The molecule has 2 aliphatic heterocycles. The van der Waals surface area contributed by atoms with Gasteiger partial charge in [-0.1, -0.05) is 12.8 Å². The maximum atomic E-state index is 12.6. The van der Waals surface area contributed by atoms with Gasteiger partial charge in [0.1, 0.15) is 12.4 Å². The molecule has 170 valence electrons. The average Bonchev–Trinajstić information content (AvgIpc) is 2.93. The number of halogens is 1. The third-order valence-electron chi connectivity index (χ3n) is 5.88. The Morgan fingerprint density at radius 3 is 2.23 bits per heavy atom. The minimum atomic E-state index is 0. The molecule has 3 heterocycles. The number of nitrogens with zero attached hydrogens (tertiary/aromatic N) is 7. The molecule has 1 amide bonds. The van der Waals surface area contributed by atoms with E-state index in [9.17, 15) is 4.79 Å². The Balaban J connectivity index is 0.00000320. The number of aryl methyl sites for hydroxylation is 1. The molecule has 1 aromatic heterocycles. The zero-order chi connectivity index (χ0) is 20.6. The number of guanidine groups is 1. The van der Waals surface area contributed by atoms with E-state index < -0.39 is 0 Å². The molecule has 3 rings (SSSR count). The van der Waals surface area contributed by atoms with Crippen molar-refractivity contribution in [2.45, 2.75) is 46.1 Å². The first kappa shape index (κ1) is 24.8. The average molecular weight is 532 g/mol. The van der Waals surface area contributed by atoms with Crippen molar-refractivity contribution in [1.29, 1.82) is 0 Å². The molecule has 1 aromatic rings. The highest BCUT2D eigenvalue weighted by atomic mass is 127. The van der Waals surface area contributed by atoms with Crippen LogP contribution >= 0.6 is 24.0 Å². The Hall–Kier alpha value is -1.43. The van der Waals surface area contributed by atoms with Crippen LogP contribution in [0, 0.1) is 6.92 Å². The second-order valence-electron chi connectivity index (χ2n) is 7.95. The second kappa shape index (κ2) is 12.4. The Morgan fingerprint density at radius 2 is 1.67 bits per heavy atom. The highest BCUT2D eigenvalue weighted by molar-refractivity contribution is 14.0. The van der Waals surface area contributed by atoms with Crippen molar-refractivity contribution in [3.63, 3.8) is 0 Å². The van der Waals surface area contributed by atoms with Crippen LogP contribution in [0.25, 0.3) is 0 Å². The van der Waals surface area contributed by atoms with E-state index in [4.69, 9.17) is 4.99 Å². The number of amides is 1. The molecular weight excluding hydrogens is 495 g/mol. The summed E-state index contributed by atoms with van der Waals surface area (Å²) in [7, 11) is 1.97. The van der Waals surface area contributed by atoms with Gasteiger partial charge in [-0.2, -0.15) is 0 Å². The van der Waals surface area contributed by atoms with Gasteiger partial charge in [0.15, 0.2) is 11.8 Å². The summed E-state index contributed by atoms with van der Waals surface area (Å²) in [5.74, 6) is 2.95. The Bertz CT molecular complexity index is 691. The first-order chi connectivity index (χ1) is 14.1. The zero-order valence-electron chi connectivity index (χ0n) is 18.6. The van der Waals surface area contributed by atoms with Crippen LogP contribution in [0.15, 0.2) is 4.99 Å². The first-order valence-corrected chi connectivity index (χ1v) is 11.0. The van der Waals surface area contributed by atoms with Gasteiger partial charge in [0, 0.05) is 52.9 Å². The molecule has 0 aromatic carbocycles. The van der Waals surface area contributed by atoms with Crippen LogP contribution in [0.4, 0.5) is 0 Å². The summed E-state index contributed by atoms with van der Waals surface area (Å²) < 4.78 is 1.97. The van der Waals surface area contributed by atoms with Gasteiger partial charge in [-0.15, -0.1) is 34.2 Å². The third-order valence-corrected chi connectivity index (χ3v) is 5.88. The van der Waals surface area contributed by atoms with Crippen LogP contribution in [0.5, 0.6) is 0 Å². The van der Waals surface area contributed by atoms with Crippen molar-refractivity contribution < 1.29 is 4.79 Å². The molecule has 9 nitrogen and oxygen atoms in total. The van der Waals surface area contributed by atoms with Crippen LogP contribution in [0.2, 0.25) is 0 Å². The third kappa shape index (κ3) is 6.79. The van der Waals surface area contributed by atoms with Crippen molar-refractivity contribution in [1.82, 2.24) is 34.8 Å². The first-order valence-electron chi connectivity index (χ1n) is 11.0. The number of hydrogen-bond donors (Lipinski definition) is 1. The van der Waals surface area contributed by atoms with Crippen molar-refractivity contribution in [3.8, 4) is 0 Å². The minimum Gasteiger partial charge on any atom is -0.357 e. The molecule has 2 fully saturated rings. The van der Waals surface area contributed by atoms with E-state index in [1.54, 1.807) is 0 Å². The lowest BCUT2D eigenvalue weighted by Crippen LogP contribution is -2.54. The largest absolute Gasteiger partial charge is 0.357 e. The van der Waals surface area contributed by atoms with Crippen LogP contribution in [0.3, 0.4) is 0 Å². The van der Waals surface area contributed by atoms with Gasteiger partial charge in [-0.3, -0.25) is 9.69 Å². The number of hydrogen-bond acceptors (Lipinski definition) is 5. The number of aliphatic imine (C=N–C) groups is 1. The smallest absolute Gasteiger partial charge is 0.236 e. The predicted molar refractivity (Wildman–Crippen MR) is 129 cm³/mol. The van der Waals surface area contributed by atoms with E-state index in [-0.39, 0.29) is 24.0 Å². The van der Waals surface area contributed by atoms with Crippen LogP contribution < -0.4 is 5.32 Å². The summed E-state index contributed by atoms with van der Waals surface area (Å²) in [6.45, 7) is 11.3. The van der Waals surface area contributed by atoms with E-state index in [0.29, 0.717) is 19.0 Å². The maximum absolute atomic E-state index is 12.6. The summed E-state index contributed by atoms with van der Waals surface area (Å²) in [5.41, 5.74) is 0. The number of carbonyl (C=O) groups is 1.